The third-order valence-electron chi connectivity index (χ3n) is 3.31. The van der Waals surface area contributed by atoms with Gasteiger partial charge in [0.25, 0.3) is 0 Å². The maximum absolute atomic E-state index is 11.6. The first kappa shape index (κ1) is 20.7. The standard InChI is InChI=1S/C16H34N4O2/c1-5-9-16(22,10-6-2)13-20-15(17-8-4)19-12-14(21)18-11-7-3/h22H,5-13H2,1-4H3,(H,18,21)(H2,17,19,20). The molecule has 0 aromatic rings. The monoisotopic (exact) mass is 314 g/mol. The minimum Gasteiger partial charge on any atom is -0.388 e. The van der Waals surface area contributed by atoms with E-state index in [0.717, 1.165) is 32.1 Å². The number of aliphatic imine (C=N–C) groups is 1. The van der Waals surface area contributed by atoms with Crippen molar-refractivity contribution in [2.75, 3.05) is 26.2 Å². The summed E-state index contributed by atoms with van der Waals surface area (Å²) in [6.07, 6.45) is 4.29. The molecule has 0 bridgehead atoms. The highest BCUT2D eigenvalue weighted by atomic mass is 16.3. The minimum atomic E-state index is -0.718. The molecule has 0 aromatic carbocycles. The van der Waals surface area contributed by atoms with E-state index in [2.05, 4.69) is 34.8 Å². The molecular formula is C16H34N4O2. The van der Waals surface area contributed by atoms with E-state index in [-0.39, 0.29) is 12.5 Å². The normalized spacial score (nSPS) is 12.1. The van der Waals surface area contributed by atoms with E-state index in [1.807, 2.05) is 13.8 Å². The van der Waals surface area contributed by atoms with Gasteiger partial charge < -0.3 is 21.1 Å². The molecule has 0 rings (SSSR count). The summed E-state index contributed by atoms with van der Waals surface area (Å²) < 4.78 is 0. The first-order valence-electron chi connectivity index (χ1n) is 8.52. The van der Waals surface area contributed by atoms with Gasteiger partial charge in [-0.2, -0.15) is 0 Å². The average Bonchev–Trinajstić information content (AvgIpc) is 2.48. The molecule has 0 radical (unpaired) electrons. The van der Waals surface area contributed by atoms with Gasteiger partial charge in [-0.15, -0.1) is 0 Å². The fourth-order valence-electron chi connectivity index (χ4n) is 2.29. The number of guanidine groups is 1. The van der Waals surface area contributed by atoms with Crippen molar-refractivity contribution in [3.63, 3.8) is 0 Å². The van der Waals surface area contributed by atoms with Gasteiger partial charge in [0.05, 0.1) is 5.60 Å². The van der Waals surface area contributed by atoms with Gasteiger partial charge in [0.1, 0.15) is 6.54 Å². The highest BCUT2D eigenvalue weighted by molar-refractivity contribution is 5.84. The number of hydrogen-bond acceptors (Lipinski definition) is 3. The fraction of sp³-hybridized carbons (Fsp3) is 0.875. The molecule has 22 heavy (non-hydrogen) atoms. The van der Waals surface area contributed by atoms with Crippen LogP contribution in [-0.2, 0) is 4.79 Å². The largest absolute Gasteiger partial charge is 0.388 e. The lowest BCUT2D eigenvalue weighted by Gasteiger charge is -2.28. The van der Waals surface area contributed by atoms with E-state index in [1.54, 1.807) is 0 Å². The molecule has 6 heteroatoms. The zero-order chi connectivity index (χ0) is 16.8. The number of rotatable bonds is 11. The first-order chi connectivity index (χ1) is 10.5. The van der Waals surface area contributed by atoms with Crippen LogP contribution in [0, 0.1) is 0 Å². The predicted octanol–water partition coefficient (Wildman–Crippen LogP) is 1.40. The number of aliphatic hydroxyl groups is 1. The van der Waals surface area contributed by atoms with Gasteiger partial charge in [0.2, 0.25) is 5.91 Å². The second-order valence-corrected chi connectivity index (χ2v) is 5.62. The van der Waals surface area contributed by atoms with Crippen LogP contribution < -0.4 is 16.0 Å². The Hall–Kier alpha value is -1.30. The molecule has 0 fully saturated rings. The Bertz CT molecular complexity index is 326. The van der Waals surface area contributed by atoms with Crippen molar-refractivity contribution in [2.45, 2.75) is 65.4 Å². The van der Waals surface area contributed by atoms with Crippen molar-refractivity contribution in [2.24, 2.45) is 4.99 Å². The van der Waals surface area contributed by atoms with Crippen LogP contribution in [-0.4, -0.2) is 48.8 Å². The van der Waals surface area contributed by atoms with Gasteiger partial charge in [-0.3, -0.25) is 4.79 Å². The third-order valence-corrected chi connectivity index (χ3v) is 3.31. The molecule has 0 spiro atoms. The van der Waals surface area contributed by atoms with Crippen LogP contribution in [0.5, 0.6) is 0 Å². The summed E-state index contributed by atoms with van der Waals surface area (Å²) in [5.41, 5.74) is -0.718. The van der Waals surface area contributed by atoms with E-state index in [9.17, 15) is 9.90 Å². The Morgan fingerprint density at radius 1 is 1.00 bits per heavy atom. The van der Waals surface area contributed by atoms with Crippen LogP contribution in [0.1, 0.15) is 59.8 Å². The summed E-state index contributed by atoms with van der Waals surface area (Å²) in [6, 6.07) is 0. The molecular weight excluding hydrogens is 280 g/mol. The van der Waals surface area contributed by atoms with Crippen LogP contribution in [0.2, 0.25) is 0 Å². The lowest BCUT2D eigenvalue weighted by Crippen LogP contribution is -2.47. The molecule has 1 amide bonds. The van der Waals surface area contributed by atoms with Crippen LogP contribution in [0.25, 0.3) is 0 Å². The number of carbonyl (C=O) groups excluding carboxylic acids is 1. The van der Waals surface area contributed by atoms with Gasteiger partial charge in [-0.05, 0) is 26.2 Å². The van der Waals surface area contributed by atoms with E-state index < -0.39 is 5.60 Å². The molecule has 6 nitrogen and oxygen atoms in total. The lowest BCUT2D eigenvalue weighted by atomic mass is 9.93. The Morgan fingerprint density at radius 2 is 1.64 bits per heavy atom. The Kier molecular flexibility index (Phi) is 11.5. The molecule has 0 aliphatic heterocycles. The minimum absolute atomic E-state index is 0.0866. The molecule has 0 atom stereocenters. The van der Waals surface area contributed by atoms with Crippen molar-refractivity contribution in [1.29, 1.82) is 0 Å². The number of amides is 1. The summed E-state index contributed by atoms with van der Waals surface area (Å²) >= 11 is 0. The highest BCUT2D eigenvalue weighted by Crippen LogP contribution is 2.18. The quantitative estimate of drug-likeness (QED) is 0.343. The maximum atomic E-state index is 11.6. The number of carbonyl (C=O) groups is 1. The highest BCUT2D eigenvalue weighted by Gasteiger charge is 2.24. The Balaban J connectivity index is 4.51. The second-order valence-electron chi connectivity index (χ2n) is 5.62. The molecule has 0 aromatic heterocycles. The summed E-state index contributed by atoms with van der Waals surface area (Å²) in [7, 11) is 0. The van der Waals surface area contributed by atoms with Crippen molar-refractivity contribution in [3.05, 3.63) is 0 Å². The number of hydrogen-bond donors (Lipinski definition) is 4. The molecule has 0 saturated carbocycles. The van der Waals surface area contributed by atoms with Gasteiger partial charge >= 0.3 is 0 Å². The summed E-state index contributed by atoms with van der Waals surface area (Å²) in [5, 5.41) is 19.6. The SMILES string of the molecule is CCCNC(=O)CN=C(NCC)NCC(O)(CCC)CCC. The maximum Gasteiger partial charge on any atom is 0.241 e. The summed E-state index contributed by atoms with van der Waals surface area (Å²) in [6.45, 7) is 10.0. The molecule has 0 aliphatic carbocycles. The summed E-state index contributed by atoms with van der Waals surface area (Å²) in [4.78, 5) is 15.9. The van der Waals surface area contributed by atoms with Gasteiger partial charge in [-0.25, -0.2) is 4.99 Å². The Morgan fingerprint density at radius 3 is 2.14 bits per heavy atom. The zero-order valence-electron chi connectivity index (χ0n) is 14.7. The molecule has 0 heterocycles. The number of nitrogens with zero attached hydrogens (tertiary/aromatic N) is 1. The molecule has 4 N–H and O–H groups in total. The van der Waals surface area contributed by atoms with Crippen LogP contribution >= 0.6 is 0 Å². The topological polar surface area (TPSA) is 85.8 Å². The van der Waals surface area contributed by atoms with E-state index >= 15 is 0 Å². The van der Waals surface area contributed by atoms with Crippen LogP contribution in [0.15, 0.2) is 4.99 Å². The van der Waals surface area contributed by atoms with Crippen molar-refractivity contribution in [1.82, 2.24) is 16.0 Å². The van der Waals surface area contributed by atoms with Gasteiger partial charge in [-0.1, -0.05) is 33.6 Å². The molecule has 130 valence electrons. The van der Waals surface area contributed by atoms with Gasteiger partial charge in [0.15, 0.2) is 5.96 Å². The van der Waals surface area contributed by atoms with Crippen LogP contribution in [0.4, 0.5) is 0 Å². The summed E-state index contributed by atoms with van der Waals surface area (Å²) in [5.74, 6) is 0.483. The second kappa shape index (κ2) is 12.3. The van der Waals surface area contributed by atoms with Crippen LogP contribution in [0.3, 0.4) is 0 Å². The Labute approximate surface area is 135 Å². The van der Waals surface area contributed by atoms with Crippen molar-refractivity contribution < 1.29 is 9.90 Å². The van der Waals surface area contributed by atoms with Gasteiger partial charge in [0, 0.05) is 19.6 Å². The van der Waals surface area contributed by atoms with E-state index in [1.165, 1.54) is 0 Å². The van der Waals surface area contributed by atoms with E-state index in [0.29, 0.717) is 25.6 Å². The zero-order valence-corrected chi connectivity index (χ0v) is 14.7. The first-order valence-corrected chi connectivity index (χ1v) is 8.52. The molecule has 0 aliphatic rings. The number of nitrogens with one attached hydrogen (secondary N) is 3. The molecule has 0 unspecified atom stereocenters. The third kappa shape index (κ3) is 9.60. The fourth-order valence-corrected chi connectivity index (χ4v) is 2.29. The molecule has 0 saturated heterocycles. The van der Waals surface area contributed by atoms with Crippen molar-refractivity contribution >= 4 is 11.9 Å². The smallest absolute Gasteiger partial charge is 0.241 e. The average molecular weight is 314 g/mol. The predicted molar refractivity (Wildman–Crippen MR) is 92.0 cm³/mol. The van der Waals surface area contributed by atoms with Crippen molar-refractivity contribution in [3.8, 4) is 0 Å². The lowest BCUT2D eigenvalue weighted by molar-refractivity contribution is -0.119. The van der Waals surface area contributed by atoms with E-state index in [4.69, 9.17) is 0 Å².